The van der Waals surface area contributed by atoms with Crippen LogP contribution in [-0.2, 0) is 6.42 Å². The lowest BCUT2D eigenvalue weighted by atomic mass is 9.96. The molecule has 84 valence electrons. The minimum absolute atomic E-state index is 0.360. The monoisotopic (exact) mass is 208 g/mol. The standard InChI is InChI=1S/C12H20N2O/c13-14-11(8-10-4-1-2-5-10)9-12-6-3-7-15-12/h3,6-7,10-11,14H,1-2,4-5,8-9,13H2. The van der Waals surface area contributed by atoms with Gasteiger partial charge >= 0.3 is 0 Å². The van der Waals surface area contributed by atoms with Crippen molar-refractivity contribution >= 4 is 0 Å². The molecule has 1 aromatic heterocycles. The Morgan fingerprint density at radius 2 is 2.27 bits per heavy atom. The molecular weight excluding hydrogens is 188 g/mol. The van der Waals surface area contributed by atoms with Gasteiger partial charge in [-0.3, -0.25) is 11.3 Å². The summed E-state index contributed by atoms with van der Waals surface area (Å²) in [6.07, 6.45) is 9.33. The van der Waals surface area contributed by atoms with Gasteiger partial charge in [-0.1, -0.05) is 25.7 Å². The molecule has 0 amide bonds. The molecule has 3 heteroatoms. The van der Waals surface area contributed by atoms with E-state index in [-0.39, 0.29) is 0 Å². The second kappa shape index (κ2) is 5.33. The highest BCUT2D eigenvalue weighted by molar-refractivity contribution is 5.00. The predicted octanol–water partition coefficient (Wildman–Crippen LogP) is 2.23. The van der Waals surface area contributed by atoms with E-state index in [0.717, 1.165) is 18.1 Å². The minimum Gasteiger partial charge on any atom is -0.469 e. The van der Waals surface area contributed by atoms with E-state index in [1.54, 1.807) is 6.26 Å². The fraction of sp³-hybridized carbons (Fsp3) is 0.667. The second-order valence-electron chi connectivity index (χ2n) is 4.53. The van der Waals surface area contributed by atoms with Gasteiger partial charge in [0.2, 0.25) is 0 Å². The van der Waals surface area contributed by atoms with Gasteiger partial charge in [0.1, 0.15) is 5.76 Å². The summed E-state index contributed by atoms with van der Waals surface area (Å²) in [5.74, 6) is 7.46. The molecule has 0 aromatic carbocycles. The van der Waals surface area contributed by atoms with Crippen LogP contribution >= 0.6 is 0 Å². The molecule has 1 aromatic rings. The SMILES string of the molecule is NNC(Cc1ccco1)CC1CCCC1. The van der Waals surface area contributed by atoms with Gasteiger partial charge in [-0.15, -0.1) is 0 Å². The largest absolute Gasteiger partial charge is 0.469 e. The van der Waals surface area contributed by atoms with Crippen LogP contribution in [0.3, 0.4) is 0 Å². The quantitative estimate of drug-likeness (QED) is 0.576. The highest BCUT2D eigenvalue weighted by atomic mass is 16.3. The number of hydrogen-bond acceptors (Lipinski definition) is 3. The van der Waals surface area contributed by atoms with Gasteiger partial charge in [0.25, 0.3) is 0 Å². The molecule has 1 saturated carbocycles. The van der Waals surface area contributed by atoms with Crippen LogP contribution in [0, 0.1) is 5.92 Å². The Hall–Kier alpha value is -0.800. The molecule has 2 rings (SSSR count). The molecule has 1 aliphatic carbocycles. The summed E-state index contributed by atoms with van der Waals surface area (Å²) in [6, 6.07) is 4.30. The first kappa shape index (κ1) is 10.7. The second-order valence-corrected chi connectivity index (χ2v) is 4.53. The van der Waals surface area contributed by atoms with Crippen LogP contribution in [0.5, 0.6) is 0 Å². The summed E-state index contributed by atoms with van der Waals surface area (Å²) in [7, 11) is 0. The lowest BCUT2D eigenvalue weighted by Crippen LogP contribution is -2.37. The highest BCUT2D eigenvalue weighted by Gasteiger charge is 2.20. The zero-order valence-electron chi connectivity index (χ0n) is 9.11. The van der Waals surface area contributed by atoms with Gasteiger partial charge < -0.3 is 4.42 Å². The molecule has 1 atom stereocenters. The normalized spacial score (nSPS) is 19.5. The van der Waals surface area contributed by atoms with E-state index >= 15 is 0 Å². The average molecular weight is 208 g/mol. The molecule has 1 heterocycles. The maximum atomic E-state index is 5.58. The zero-order chi connectivity index (χ0) is 10.5. The van der Waals surface area contributed by atoms with Gasteiger partial charge in [0.05, 0.1) is 6.26 Å². The molecule has 15 heavy (non-hydrogen) atoms. The Bertz CT molecular complexity index is 265. The fourth-order valence-electron chi connectivity index (χ4n) is 2.53. The number of furan rings is 1. The first-order valence-electron chi connectivity index (χ1n) is 5.87. The molecule has 3 nitrogen and oxygen atoms in total. The Morgan fingerprint density at radius 1 is 1.47 bits per heavy atom. The van der Waals surface area contributed by atoms with Crippen molar-refractivity contribution in [2.45, 2.75) is 44.6 Å². The molecule has 1 unspecified atom stereocenters. The molecule has 3 N–H and O–H groups in total. The number of hydrogen-bond donors (Lipinski definition) is 2. The topological polar surface area (TPSA) is 51.2 Å². The molecule has 1 fully saturated rings. The fourth-order valence-corrected chi connectivity index (χ4v) is 2.53. The van der Waals surface area contributed by atoms with E-state index in [1.165, 1.54) is 32.1 Å². The third-order valence-electron chi connectivity index (χ3n) is 3.36. The van der Waals surface area contributed by atoms with Crippen molar-refractivity contribution in [2.75, 3.05) is 0 Å². The number of nitrogens with two attached hydrogens (primary N) is 1. The predicted molar refractivity (Wildman–Crippen MR) is 60.1 cm³/mol. The Balaban J connectivity index is 1.81. The van der Waals surface area contributed by atoms with Crippen molar-refractivity contribution in [1.82, 2.24) is 5.43 Å². The molecule has 0 radical (unpaired) electrons. The van der Waals surface area contributed by atoms with Crippen molar-refractivity contribution in [1.29, 1.82) is 0 Å². The maximum Gasteiger partial charge on any atom is 0.105 e. The van der Waals surface area contributed by atoms with Crippen LogP contribution in [0.25, 0.3) is 0 Å². The van der Waals surface area contributed by atoms with E-state index in [1.807, 2.05) is 12.1 Å². The van der Waals surface area contributed by atoms with Crippen molar-refractivity contribution in [2.24, 2.45) is 11.8 Å². The molecular formula is C12H20N2O. The number of hydrazine groups is 1. The van der Waals surface area contributed by atoms with Crippen molar-refractivity contribution in [3.63, 3.8) is 0 Å². The maximum absolute atomic E-state index is 5.58. The third-order valence-corrected chi connectivity index (χ3v) is 3.36. The first-order valence-corrected chi connectivity index (χ1v) is 5.87. The van der Waals surface area contributed by atoms with Crippen LogP contribution in [0.4, 0.5) is 0 Å². The summed E-state index contributed by atoms with van der Waals surface area (Å²) < 4.78 is 5.33. The van der Waals surface area contributed by atoms with Gasteiger partial charge in [-0.05, 0) is 24.5 Å². The molecule has 0 bridgehead atoms. The van der Waals surface area contributed by atoms with Crippen molar-refractivity contribution in [3.8, 4) is 0 Å². The highest BCUT2D eigenvalue weighted by Crippen LogP contribution is 2.29. The van der Waals surface area contributed by atoms with Crippen LogP contribution in [0.15, 0.2) is 22.8 Å². The molecule has 1 aliphatic rings. The van der Waals surface area contributed by atoms with E-state index < -0.39 is 0 Å². The number of nitrogens with one attached hydrogen (secondary N) is 1. The molecule has 0 spiro atoms. The summed E-state index contributed by atoms with van der Waals surface area (Å²) >= 11 is 0. The van der Waals surface area contributed by atoms with Gasteiger partial charge in [0.15, 0.2) is 0 Å². The van der Waals surface area contributed by atoms with Crippen LogP contribution in [0.2, 0.25) is 0 Å². The molecule has 0 saturated heterocycles. The van der Waals surface area contributed by atoms with Crippen LogP contribution < -0.4 is 11.3 Å². The van der Waals surface area contributed by atoms with Gasteiger partial charge in [-0.2, -0.15) is 0 Å². The van der Waals surface area contributed by atoms with E-state index in [2.05, 4.69) is 5.43 Å². The Morgan fingerprint density at radius 3 is 2.87 bits per heavy atom. The average Bonchev–Trinajstić information content (AvgIpc) is 2.89. The first-order chi connectivity index (χ1) is 7.38. The minimum atomic E-state index is 0.360. The van der Waals surface area contributed by atoms with E-state index in [4.69, 9.17) is 10.3 Å². The summed E-state index contributed by atoms with van der Waals surface area (Å²) in [4.78, 5) is 0. The smallest absolute Gasteiger partial charge is 0.105 e. The summed E-state index contributed by atoms with van der Waals surface area (Å²) in [5, 5.41) is 0. The van der Waals surface area contributed by atoms with Crippen LogP contribution in [0.1, 0.15) is 37.9 Å². The number of rotatable bonds is 5. The van der Waals surface area contributed by atoms with Gasteiger partial charge in [-0.25, -0.2) is 0 Å². The summed E-state index contributed by atoms with van der Waals surface area (Å²) in [5.41, 5.74) is 2.91. The van der Waals surface area contributed by atoms with Crippen LogP contribution in [-0.4, -0.2) is 6.04 Å². The Kier molecular flexibility index (Phi) is 3.80. The van der Waals surface area contributed by atoms with Crippen molar-refractivity contribution in [3.05, 3.63) is 24.2 Å². The summed E-state index contributed by atoms with van der Waals surface area (Å²) in [6.45, 7) is 0. The third kappa shape index (κ3) is 3.08. The van der Waals surface area contributed by atoms with E-state index in [0.29, 0.717) is 6.04 Å². The molecule has 0 aliphatic heterocycles. The van der Waals surface area contributed by atoms with Gasteiger partial charge in [0, 0.05) is 12.5 Å². The lowest BCUT2D eigenvalue weighted by molar-refractivity contribution is 0.367. The lowest BCUT2D eigenvalue weighted by Gasteiger charge is -2.18. The van der Waals surface area contributed by atoms with Crippen molar-refractivity contribution < 1.29 is 4.42 Å². The van der Waals surface area contributed by atoms with E-state index in [9.17, 15) is 0 Å². The Labute approximate surface area is 91.0 Å². The zero-order valence-corrected chi connectivity index (χ0v) is 9.11.